The average molecular weight is 173 g/mol. The van der Waals surface area contributed by atoms with Crippen LogP contribution in [0.5, 0.6) is 0 Å². The van der Waals surface area contributed by atoms with Crippen molar-refractivity contribution in [3.8, 4) is 11.1 Å². The number of hydrogen-bond acceptors (Lipinski definition) is 3. The number of carbonyl (C=O) groups excluding carboxylic acids is 1. The Balaban J connectivity index is 2.57. The molecular formula is C10H7NO2. The number of aromatic nitrogens is 1. The van der Waals surface area contributed by atoms with Crippen molar-refractivity contribution in [2.75, 3.05) is 0 Å². The van der Waals surface area contributed by atoms with Crippen LogP contribution in [-0.2, 0) is 0 Å². The van der Waals surface area contributed by atoms with Gasteiger partial charge in [0.25, 0.3) is 0 Å². The van der Waals surface area contributed by atoms with E-state index in [-0.39, 0.29) is 0 Å². The van der Waals surface area contributed by atoms with Crippen LogP contribution >= 0.6 is 0 Å². The third-order valence-corrected chi connectivity index (χ3v) is 1.83. The van der Waals surface area contributed by atoms with Gasteiger partial charge in [-0.05, 0) is 5.56 Å². The van der Waals surface area contributed by atoms with Gasteiger partial charge in [-0.3, -0.25) is 4.79 Å². The molecule has 3 heteroatoms. The summed E-state index contributed by atoms with van der Waals surface area (Å²) in [5.74, 6) is 0. The predicted molar refractivity (Wildman–Crippen MR) is 47.3 cm³/mol. The molecule has 0 saturated carbocycles. The van der Waals surface area contributed by atoms with Crippen molar-refractivity contribution in [2.24, 2.45) is 0 Å². The Hall–Kier alpha value is -1.90. The van der Waals surface area contributed by atoms with Crippen molar-refractivity contribution < 1.29 is 9.32 Å². The van der Waals surface area contributed by atoms with E-state index in [4.69, 9.17) is 4.52 Å². The van der Waals surface area contributed by atoms with Crippen LogP contribution in [0.2, 0.25) is 0 Å². The quantitative estimate of drug-likeness (QED) is 0.653. The second kappa shape index (κ2) is 3.23. The Morgan fingerprint density at radius 2 is 2.15 bits per heavy atom. The molecule has 64 valence electrons. The number of nitrogens with zero attached hydrogens (tertiary/aromatic N) is 1. The smallest absolute Gasteiger partial charge is 0.150 e. The lowest BCUT2D eigenvalue weighted by atomic mass is 10.0. The monoisotopic (exact) mass is 173 g/mol. The lowest BCUT2D eigenvalue weighted by Crippen LogP contribution is -1.84. The summed E-state index contributed by atoms with van der Waals surface area (Å²) in [5.41, 5.74) is 2.31. The van der Waals surface area contributed by atoms with Crippen molar-refractivity contribution >= 4 is 6.29 Å². The fourth-order valence-electron chi connectivity index (χ4n) is 1.20. The Morgan fingerprint density at radius 1 is 1.31 bits per heavy atom. The molecule has 0 unspecified atom stereocenters. The second-order valence-corrected chi connectivity index (χ2v) is 2.62. The zero-order valence-electron chi connectivity index (χ0n) is 6.81. The molecule has 2 rings (SSSR count). The van der Waals surface area contributed by atoms with Gasteiger partial charge in [-0.25, -0.2) is 0 Å². The molecule has 3 nitrogen and oxygen atoms in total. The van der Waals surface area contributed by atoms with Crippen LogP contribution in [0.1, 0.15) is 10.4 Å². The Labute approximate surface area is 75.0 Å². The van der Waals surface area contributed by atoms with E-state index in [9.17, 15) is 4.79 Å². The van der Waals surface area contributed by atoms with E-state index >= 15 is 0 Å². The fraction of sp³-hybridized carbons (Fsp3) is 0. The van der Waals surface area contributed by atoms with E-state index in [0.29, 0.717) is 5.56 Å². The first-order valence-corrected chi connectivity index (χ1v) is 3.86. The van der Waals surface area contributed by atoms with Gasteiger partial charge in [-0.15, -0.1) is 0 Å². The van der Waals surface area contributed by atoms with E-state index in [1.807, 2.05) is 18.2 Å². The van der Waals surface area contributed by atoms with Crippen LogP contribution in [0, 0.1) is 0 Å². The largest absolute Gasteiger partial charge is 0.364 e. The summed E-state index contributed by atoms with van der Waals surface area (Å²) >= 11 is 0. The van der Waals surface area contributed by atoms with Gasteiger partial charge in [0.2, 0.25) is 0 Å². The van der Waals surface area contributed by atoms with Crippen LogP contribution in [-0.4, -0.2) is 11.4 Å². The van der Waals surface area contributed by atoms with E-state index in [0.717, 1.165) is 17.4 Å². The summed E-state index contributed by atoms with van der Waals surface area (Å²) in [6.07, 6.45) is 3.92. The minimum absolute atomic E-state index is 0.644. The topological polar surface area (TPSA) is 43.1 Å². The third-order valence-electron chi connectivity index (χ3n) is 1.83. The molecule has 0 aliphatic rings. The maximum atomic E-state index is 10.7. The summed E-state index contributed by atoms with van der Waals surface area (Å²) in [7, 11) is 0. The molecule has 1 heterocycles. The molecular weight excluding hydrogens is 166 g/mol. The van der Waals surface area contributed by atoms with Gasteiger partial charge in [-0.1, -0.05) is 29.4 Å². The van der Waals surface area contributed by atoms with Gasteiger partial charge in [0.1, 0.15) is 6.26 Å². The van der Waals surface area contributed by atoms with Crippen molar-refractivity contribution in [3.63, 3.8) is 0 Å². The molecule has 0 fully saturated rings. The molecule has 1 aromatic carbocycles. The average Bonchev–Trinajstić information content (AvgIpc) is 2.70. The molecule has 0 aliphatic heterocycles. The second-order valence-electron chi connectivity index (χ2n) is 2.62. The minimum atomic E-state index is 0.644. The SMILES string of the molecule is O=Cc1ccccc1-c1cnoc1. The number of hydrogen-bond donors (Lipinski definition) is 0. The molecule has 1 aromatic heterocycles. The normalized spacial score (nSPS) is 9.85. The van der Waals surface area contributed by atoms with Gasteiger partial charge in [0, 0.05) is 11.1 Å². The molecule has 0 amide bonds. The van der Waals surface area contributed by atoms with Gasteiger partial charge < -0.3 is 4.52 Å². The molecule has 2 aromatic rings. The number of aldehydes is 1. The van der Waals surface area contributed by atoms with Crippen LogP contribution in [0.3, 0.4) is 0 Å². The van der Waals surface area contributed by atoms with Crippen LogP contribution in [0.25, 0.3) is 11.1 Å². The highest BCUT2D eigenvalue weighted by Crippen LogP contribution is 2.21. The minimum Gasteiger partial charge on any atom is -0.364 e. The van der Waals surface area contributed by atoms with Crippen LogP contribution in [0.4, 0.5) is 0 Å². The number of carbonyl (C=O) groups is 1. The highest BCUT2D eigenvalue weighted by Gasteiger charge is 2.04. The first-order chi connectivity index (χ1) is 6.42. The third kappa shape index (κ3) is 1.36. The van der Waals surface area contributed by atoms with Crippen molar-refractivity contribution in [2.45, 2.75) is 0 Å². The molecule has 0 bridgehead atoms. The summed E-state index contributed by atoms with van der Waals surface area (Å²) in [6, 6.07) is 7.31. The maximum Gasteiger partial charge on any atom is 0.150 e. The summed E-state index contributed by atoms with van der Waals surface area (Å²) in [6.45, 7) is 0. The molecule has 0 N–H and O–H groups in total. The molecule has 0 atom stereocenters. The van der Waals surface area contributed by atoms with Crippen molar-refractivity contribution in [3.05, 3.63) is 42.3 Å². The Morgan fingerprint density at radius 3 is 2.85 bits per heavy atom. The summed E-state index contributed by atoms with van der Waals surface area (Å²) in [4.78, 5) is 10.7. The zero-order chi connectivity index (χ0) is 9.10. The lowest BCUT2D eigenvalue weighted by molar-refractivity contribution is 0.112. The van der Waals surface area contributed by atoms with E-state index in [1.165, 1.54) is 6.26 Å². The first kappa shape index (κ1) is 7.73. The highest BCUT2D eigenvalue weighted by atomic mass is 16.5. The predicted octanol–water partition coefficient (Wildman–Crippen LogP) is 2.15. The van der Waals surface area contributed by atoms with E-state index in [2.05, 4.69) is 5.16 Å². The van der Waals surface area contributed by atoms with Crippen LogP contribution in [0.15, 0.2) is 41.2 Å². The zero-order valence-corrected chi connectivity index (χ0v) is 6.81. The molecule has 0 spiro atoms. The van der Waals surface area contributed by atoms with Gasteiger partial charge in [0.05, 0.1) is 6.20 Å². The molecule has 0 radical (unpaired) electrons. The maximum absolute atomic E-state index is 10.7. The molecule has 0 aliphatic carbocycles. The van der Waals surface area contributed by atoms with Gasteiger partial charge in [-0.2, -0.15) is 0 Å². The van der Waals surface area contributed by atoms with E-state index in [1.54, 1.807) is 12.3 Å². The number of benzene rings is 1. The van der Waals surface area contributed by atoms with Gasteiger partial charge in [0.15, 0.2) is 6.29 Å². The first-order valence-electron chi connectivity index (χ1n) is 3.86. The Kier molecular flexibility index (Phi) is 1.92. The highest BCUT2D eigenvalue weighted by molar-refractivity contribution is 5.86. The van der Waals surface area contributed by atoms with Crippen LogP contribution < -0.4 is 0 Å². The lowest BCUT2D eigenvalue weighted by Gasteiger charge is -1.98. The number of rotatable bonds is 2. The summed E-state index contributed by atoms with van der Waals surface area (Å²) in [5, 5.41) is 3.58. The molecule has 13 heavy (non-hydrogen) atoms. The van der Waals surface area contributed by atoms with Gasteiger partial charge >= 0.3 is 0 Å². The Bertz CT molecular complexity index is 407. The van der Waals surface area contributed by atoms with E-state index < -0.39 is 0 Å². The summed E-state index contributed by atoms with van der Waals surface area (Å²) < 4.78 is 4.70. The standard InChI is InChI=1S/C10H7NO2/c12-6-8-3-1-2-4-10(8)9-5-11-13-7-9/h1-7H. The fourth-order valence-corrected chi connectivity index (χ4v) is 1.20. The van der Waals surface area contributed by atoms with Crippen molar-refractivity contribution in [1.82, 2.24) is 5.16 Å². The molecule has 0 saturated heterocycles. The van der Waals surface area contributed by atoms with Crippen molar-refractivity contribution in [1.29, 1.82) is 0 Å².